The third-order valence-electron chi connectivity index (χ3n) is 2.99. The van der Waals surface area contributed by atoms with Gasteiger partial charge in [0.05, 0.1) is 17.7 Å². The van der Waals surface area contributed by atoms with Crippen molar-refractivity contribution in [2.24, 2.45) is 0 Å². The summed E-state index contributed by atoms with van der Waals surface area (Å²) in [5, 5.41) is 18.1. The van der Waals surface area contributed by atoms with Crippen LogP contribution >= 0.6 is 0 Å². The van der Waals surface area contributed by atoms with Crippen LogP contribution in [-0.4, -0.2) is 5.11 Å². The van der Waals surface area contributed by atoms with Crippen molar-refractivity contribution in [3.05, 3.63) is 64.7 Å². The Morgan fingerprint density at radius 1 is 1.19 bits per heavy atom. The molecule has 0 heterocycles. The van der Waals surface area contributed by atoms with E-state index in [0.717, 1.165) is 6.07 Å². The zero-order chi connectivity index (χ0) is 15.4. The average Bonchev–Trinajstić information content (AvgIpc) is 2.46. The molecule has 1 N–H and O–H groups in total. The molecule has 0 saturated heterocycles. The van der Waals surface area contributed by atoms with Gasteiger partial charge in [-0.2, -0.15) is 5.26 Å². The normalized spacial score (nSPS) is 11.8. The topological polar surface area (TPSA) is 53.2 Å². The molecule has 3 nitrogen and oxygen atoms in total. The van der Waals surface area contributed by atoms with E-state index in [1.54, 1.807) is 0 Å². The van der Waals surface area contributed by atoms with E-state index in [-0.39, 0.29) is 23.5 Å². The van der Waals surface area contributed by atoms with Gasteiger partial charge in [-0.25, -0.2) is 8.78 Å². The maximum absolute atomic E-state index is 13.7. The number of rotatable bonds is 4. The Bertz CT molecular complexity index is 693. The van der Waals surface area contributed by atoms with Crippen LogP contribution in [0.1, 0.15) is 29.7 Å². The van der Waals surface area contributed by atoms with E-state index in [4.69, 9.17) is 10.00 Å². The molecule has 0 aliphatic rings. The van der Waals surface area contributed by atoms with Crippen LogP contribution in [0.25, 0.3) is 0 Å². The van der Waals surface area contributed by atoms with Gasteiger partial charge in [-0.3, -0.25) is 0 Å². The van der Waals surface area contributed by atoms with Crippen LogP contribution in [0.15, 0.2) is 36.4 Å². The van der Waals surface area contributed by atoms with Crippen molar-refractivity contribution >= 4 is 0 Å². The highest BCUT2D eigenvalue weighted by molar-refractivity contribution is 5.34. The Balaban J connectivity index is 2.14. The van der Waals surface area contributed by atoms with Crippen molar-refractivity contribution < 1.29 is 18.6 Å². The van der Waals surface area contributed by atoms with Gasteiger partial charge in [0.2, 0.25) is 0 Å². The molecule has 2 aromatic carbocycles. The summed E-state index contributed by atoms with van der Waals surface area (Å²) in [7, 11) is 0. The van der Waals surface area contributed by atoms with Crippen LogP contribution in [0.4, 0.5) is 8.78 Å². The van der Waals surface area contributed by atoms with Gasteiger partial charge in [-0.05, 0) is 37.3 Å². The van der Waals surface area contributed by atoms with Crippen molar-refractivity contribution in [1.82, 2.24) is 0 Å². The van der Waals surface area contributed by atoms with Gasteiger partial charge in [0.15, 0.2) is 0 Å². The summed E-state index contributed by atoms with van der Waals surface area (Å²) in [4.78, 5) is 0. The largest absolute Gasteiger partial charge is 0.489 e. The van der Waals surface area contributed by atoms with E-state index in [1.165, 1.54) is 37.3 Å². The van der Waals surface area contributed by atoms with Crippen LogP contribution in [-0.2, 0) is 6.61 Å². The SMILES string of the molecule is C[C@@H](O)c1ccc(OCc2cc(C#N)ccc2F)cc1F. The monoisotopic (exact) mass is 289 g/mol. The lowest BCUT2D eigenvalue weighted by Crippen LogP contribution is -2.01. The zero-order valence-electron chi connectivity index (χ0n) is 11.3. The molecular formula is C16H13F2NO2. The first-order valence-electron chi connectivity index (χ1n) is 6.30. The molecule has 0 spiro atoms. The molecule has 0 fully saturated rings. The fourth-order valence-corrected chi connectivity index (χ4v) is 1.85. The van der Waals surface area contributed by atoms with Crippen molar-refractivity contribution in [2.45, 2.75) is 19.6 Å². The van der Waals surface area contributed by atoms with E-state index in [0.29, 0.717) is 5.56 Å². The molecule has 21 heavy (non-hydrogen) atoms. The molecule has 0 amide bonds. The fourth-order valence-electron chi connectivity index (χ4n) is 1.85. The van der Waals surface area contributed by atoms with Crippen molar-refractivity contribution in [2.75, 3.05) is 0 Å². The first-order chi connectivity index (χ1) is 10.0. The van der Waals surface area contributed by atoms with E-state index in [2.05, 4.69) is 0 Å². The smallest absolute Gasteiger partial charge is 0.132 e. The minimum atomic E-state index is -0.913. The number of hydrogen-bond acceptors (Lipinski definition) is 3. The highest BCUT2D eigenvalue weighted by atomic mass is 19.1. The molecule has 0 saturated carbocycles. The molecule has 5 heteroatoms. The summed E-state index contributed by atoms with van der Waals surface area (Å²) >= 11 is 0. The van der Waals surface area contributed by atoms with Gasteiger partial charge in [0.1, 0.15) is 24.0 Å². The Morgan fingerprint density at radius 2 is 1.95 bits per heavy atom. The first-order valence-corrected chi connectivity index (χ1v) is 6.30. The van der Waals surface area contributed by atoms with Crippen molar-refractivity contribution in [3.63, 3.8) is 0 Å². The lowest BCUT2D eigenvalue weighted by atomic mass is 10.1. The molecule has 0 aromatic heterocycles. The second-order valence-corrected chi connectivity index (χ2v) is 4.57. The predicted octanol–water partition coefficient (Wildman–Crippen LogP) is 3.47. The van der Waals surface area contributed by atoms with E-state index in [1.807, 2.05) is 6.07 Å². The lowest BCUT2D eigenvalue weighted by molar-refractivity contribution is 0.194. The maximum Gasteiger partial charge on any atom is 0.132 e. The standard InChI is InChI=1S/C16H13F2NO2/c1-10(20)14-4-3-13(7-16(14)18)21-9-12-6-11(8-19)2-5-15(12)17/h2-7,10,20H,9H2,1H3/t10-/m1/s1. The summed E-state index contributed by atoms with van der Waals surface area (Å²) in [5.41, 5.74) is 0.708. The number of halogens is 2. The molecule has 0 unspecified atom stereocenters. The number of nitriles is 1. The number of benzene rings is 2. The Kier molecular flexibility index (Phi) is 4.51. The maximum atomic E-state index is 13.7. The van der Waals surface area contributed by atoms with E-state index >= 15 is 0 Å². The molecule has 108 valence electrons. The molecule has 0 aliphatic carbocycles. The Labute approximate surface area is 121 Å². The van der Waals surface area contributed by atoms with Crippen LogP contribution in [0, 0.1) is 23.0 Å². The van der Waals surface area contributed by atoms with E-state index in [9.17, 15) is 13.9 Å². The van der Waals surface area contributed by atoms with Gasteiger partial charge in [-0.15, -0.1) is 0 Å². The van der Waals surface area contributed by atoms with Gasteiger partial charge in [-0.1, -0.05) is 0 Å². The second-order valence-electron chi connectivity index (χ2n) is 4.57. The first kappa shape index (κ1) is 14.9. The molecule has 0 bridgehead atoms. The number of aliphatic hydroxyl groups is 1. The van der Waals surface area contributed by atoms with Crippen LogP contribution in [0.3, 0.4) is 0 Å². The quantitative estimate of drug-likeness (QED) is 0.937. The van der Waals surface area contributed by atoms with Gasteiger partial charge in [0.25, 0.3) is 0 Å². The minimum Gasteiger partial charge on any atom is -0.489 e. The highest BCUT2D eigenvalue weighted by Crippen LogP contribution is 2.22. The van der Waals surface area contributed by atoms with Gasteiger partial charge in [0, 0.05) is 17.2 Å². The summed E-state index contributed by atoms with van der Waals surface area (Å²) in [6.07, 6.45) is -0.913. The second kappa shape index (κ2) is 6.33. The zero-order valence-corrected chi connectivity index (χ0v) is 11.3. The van der Waals surface area contributed by atoms with Crippen LogP contribution < -0.4 is 4.74 Å². The van der Waals surface area contributed by atoms with Crippen LogP contribution in [0.5, 0.6) is 5.75 Å². The number of aliphatic hydroxyl groups excluding tert-OH is 1. The summed E-state index contributed by atoms with van der Waals surface area (Å²) in [6.45, 7) is 1.34. The number of nitrogens with zero attached hydrogens (tertiary/aromatic N) is 1. The molecule has 2 rings (SSSR count). The molecule has 2 aromatic rings. The lowest BCUT2D eigenvalue weighted by Gasteiger charge is -2.10. The Morgan fingerprint density at radius 3 is 2.57 bits per heavy atom. The van der Waals surface area contributed by atoms with Gasteiger partial charge < -0.3 is 9.84 Å². The number of ether oxygens (including phenoxy) is 1. The highest BCUT2D eigenvalue weighted by Gasteiger charge is 2.10. The molecule has 0 radical (unpaired) electrons. The summed E-state index contributed by atoms with van der Waals surface area (Å²) in [6, 6.07) is 9.90. The number of hydrogen-bond donors (Lipinski definition) is 1. The van der Waals surface area contributed by atoms with Crippen molar-refractivity contribution in [3.8, 4) is 11.8 Å². The van der Waals surface area contributed by atoms with E-state index < -0.39 is 17.7 Å². The molecular weight excluding hydrogens is 276 g/mol. The predicted molar refractivity (Wildman–Crippen MR) is 72.5 cm³/mol. The summed E-state index contributed by atoms with van der Waals surface area (Å²) < 4.78 is 32.5. The van der Waals surface area contributed by atoms with Crippen molar-refractivity contribution in [1.29, 1.82) is 5.26 Å². The Hall–Kier alpha value is -2.45. The summed E-state index contributed by atoms with van der Waals surface area (Å²) in [5.74, 6) is -0.859. The molecule has 0 aliphatic heterocycles. The third-order valence-corrected chi connectivity index (χ3v) is 2.99. The minimum absolute atomic E-state index is 0.116. The average molecular weight is 289 g/mol. The third kappa shape index (κ3) is 3.56. The van der Waals surface area contributed by atoms with Gasteiger partial charge >= 0.3 is 0 Å². The fraction of sp³-hybridized carbons (Fsp3) is 0.188. The van der Waals surface area contributed by atoms with Crippen LogP contribution in [0.2, 0.25) is 0 Å². The molecule has 1 atom stereocenters.